The van der Waals surface area contributed by atoms with Gasteiger partial charge < -0.3 is 10.8 Å². The Hall–Kier alpha value is -1.37. The molecule has 0 radical (unpaired) electrons. The molecule has 0 aromatic carbocycles. The maximum Gasteiger partial charge on any atom is 0.304 e. The maximum atomic E-state index is 11.0. The van der Waals surface area contributed by atoms with Gasteiger partial charge in [0.05, 0.1) is 6.42 Å². The third-order valence-electron chi connectivity index (χ3n) is 1.24. The van der Waals surface area contributed by atoms with Crippen LogP contribution < -0.4 is 16.6 Å². The molecule has 1 amide bonds. The van der Waals surface area contributed by atoms with E-state index in [1.54, 1.807) is 0 Å². The van der Waals surface area contributed by atoms with E-state index < -0.39 is 17.8 Å². The molecule has 0 aromatic heterocycles. The largest absolute Gasteiger partial charge is 0.481 e. The van der Waals surface area contributed by atoms with E-state index in [1.807, 2.05) is 0 Å². The summed E-state index contributed by atoms with van der Waals surface area (Å²) in [5, 5.41) is 8.29. The zero-order valence-corrected chi connectivity index (χ0v) is 7.85. The number of carboxylic acids is 1. The fourth-order valence-electron chi connectivity index (χ4n) is 0.601. The van der Waals surface area contributed by atoms with Gasteiger partial charge in [-0.3, -0.25) is 20.4 Å². The average Bonchev–Trinajstić information content (AvgIpc) is 1.98. The van der Waals surface area contributed by atoms with Crippen molar-refractivity contribution in [3.05, 3.63) is 0 Å². The Kier molecular flexibility index (Phi) is 4.75. The van der Waals surface area contributed by atoms with Crippen molar-refractivity contribution in [1.82, 2.24) is 10.9 Å². The molecule has 6 nitrogen and oxygen atoms in total. The summed E-state index contributed by atoms with van der Waals surface area (Å²) in [4.78, 5) is 21.2. The Morgan fingerprint density at radius 3 is 2.46 bits per heavy atom. The van der Waals surface area contributed by atoms with Crippen LogP contribution in [0.3, 0.4) is 0 Å². The second kappa shape index (κ2) is 5.31. The summed E-state index contributed by atoms with van der Waals surface area (Å²) in [5.74, 6) is -2.12. The first-order valence-electron chi connectivity index (χ1n) is 3.50. The number of thiocarbonyl (C=S) groups is 1. The minimum Gasteiger partial charge on any atom is -0.481 e. The molecule has 1 atom stereocenters. The number of nitrogens with two attached hydrogens (primary N) is 1. The van der Waals surface area contributed by atoms with Crippen molar-refractivity contribution in [2.24, 2.45) is 11.7 Å². The molecular formula is C6H11N3O3S. The van der Waals surface area contributed by atoms with Gasteiger partial charge in [-0.05, 0) is 12.2 Å². The quantitative estimate of drug-likeness (QED) is 0.346. The Morgan fingerprint density at radius 1 is 1.54 bits per heavy atom. The number of carbonyl (C=O) groups is 2. The first-order chi connectivity index (χ1) is 5.93. The van der Waals surface area contributed by atoms with Crippen molar-refractivity contribution in [3.63, 3.8) is 0 Å². The zero-order valence-electron chi connectivity index (χ0n) is 7.03. The Bertz CT molecular complexity index is 231. The molecule has 0 aliphatic carbocycles. The molecule has 0 aliphatic rings. The number of carboxylic acid groups (broad SMARTS) is 1. The van der Waals surface area contributed by atoms with Crippen molar-refractivity contribution in [2.45, 2.75) is 13.3 Å². The highest BCUT2D eigenvalue weighted by Gasteiger charge is 2.15. The molecule has 7 heteroatoms. The standard InChI is InChI=1S/C6H11N3O3S/c1-3(2-4(10)11)5(12)8-9-6(7)13/h3H,2H2,1H3,(H,8,12)(H,10,11)(H3,7,9,13). The lowest BCUT2D eigenvalue weighted by molar-refractivity contribution is -0.140. The van der Waals surface area contributed by atoms with Crippen molar-refractivity contribution in [3.8, 4) is 0 Å². The Balaban J connectivity index is 3.82. The monoisotopic (exact) mass is 205 g/mol. The summed E-state index contributed by atoms with van der Waals surface area (Å²) >= 11 is 4.42. The second-order valence-corrected chi connectivity index (χ2v) is 2.92. The van der Waals surface area contributed by atoms with E-state index in [0.717, 1.165) is 0 Å². The minimum absolute atomic E-state index is 0.0733. The van der Waals surface area contributed by atoms with Crippen molar-refractivity contribution < 1.29 is 14.7 Å². The predicted molar refractivity (Wildman–Crippen MR) is 49.5 cm³/mol. The first-order valence-corrected chi connectivity index (χ1v) is 3.91. The molecule has 0 bridgehead atoms. The summed E-state index contributed by atoms with van der Waals surface area (Å²) in [6.45, 7) is 1.49. The SMILES string of the molecule is CC(CC(=O)O)C(=O)NNC(N)=S. The lowest BCUT2D eigenvalue weighted by Crippen LogP contribution is -2.46. The summed E-state index contributed by atoms with van der Waals surface area (Å²) in [7, 11) is 0. The number of rotatable bonds is 3. The molecule has 0 saturated heterocycles. The van der Waals surface area contributed by atoms with Gasteiger partial charge in [0.1, 0.15) is 0 Å². The molecule has 1 unspecified atom stereocenters. The fourth-order valence-corrected chi connectivity index (χ4v) is 0.652. The van der Waals surface area contributed by atoms with Gasteiger partial charge in [0, 0.05) is 5.92 Å². The average molecular weight is 205 g/mol. The van der Waals surface area contributed by atoms with Gasteiger partial charge in [-0.25, -0.2) is 0 Å². The third-order valence-corrected chi connectivity index (χ3v) is 1.34. The summed E-state index contributed by atoms with van der Waals surface area (Å²) in [6.07, 6.45) is -0.231. The Labute approximate surface area is 80.4 Å². The van der Waals surface area contributed by atoms with E-state index in [9.17, 15) is 9.59 Å². The van der Waals surface area contributed by atoms with E-state index in [-0.39, 0.29) is 11.5 Å². The molecule has 0 aromatic rings. The van der Waals surface area contributed by atoms with Gasteiger partial charge in [0.25, 0.3) is 0 Å². The molecule has 0 fully saturated rings. The van der Waals surface area contributed by atoms with Crippen LogP contribution in [0.5, 0.6) is 0 Å². The molecule has 13 heavy (non-hydrogen) atoms. The zero-order chi connectivity index (χ0) is 10.4. The third kappa shape index (κ3) is 5.85. The minimum atomic E-state index is -1.03. The smallest absolute Gasteiger partial charge is 0.304 e. The van der Waals surface area contributed by atoms with Crippen molar-refractivity contribution >= 4 is 29.2 Å². The van der Waals surface area contributed by atoms with E-state index in [1.165, 1.54) is 6.92 Å². The van der Waals surface area contributed by atoms with Crippen LogP contribution >= 0.6 is 12.2 Å². The fraction of sp³-hybridized carbons (Fsp3) is 0.500. The topological polar surface area (TPSA) is 104 Å². The molecule has 74 valence electrons. The van der Waals surface area contributed by atoms with E-state index in [2.05, 4.69) is 23.1 Å². The van der Waals surface area contributed by atoms with Crippen LogP contribution in [0.1, 0.15) is 13.3 Å². The Morgan fingerprint density at radius 2 is 2.08 bits per heavy atom. The van der Waals surface area contributed by atoms with Gasteiger partial charge in [-0.15, -0.1) is 0 Å². The lowest BCUT2D eigenvalue weighted by atomic mass is 10.1. The molecule has 0 aliphatic heterocycles. The summed E-state index contributed by atoms with van der Waals surface area (Å²) in [6, 6.07) is 0. The van der Waals surface area contributed by atoms with Crippen LogP contribution in [-0.2, 0) is 9.59 Å². The highest BCUT2D eigenvalue weighted by molar-refractivity contribution is 7.80. The molecular weight excluding hydrogens is 194 g/mol. The van der Waals surface area contributed by atoms with Crippen LogP contribution in [-0.4, -0.2) is 22.1 Å². The number of aliphatic carboxylic acids is 1. The molecule has 5 N–H and O–H groups in total. The van der Waals surface area contributed by atoms with Crippen LogP contribution in [0.25, 0.3) is 0 Å². The van der Waals surface area contributed by atoms with Crippen LogP contribution in [0.15, 0.2) is 0 Å². The highest BCUT2D eigenvalue weighted by atomic mass is 32.1. The van der Waals surface area contributed by atoms with Gasteiger partial charge in [0.2, 0.25) is 5.91 Å². The van der Waals surface area contributed by atoms with Gasteiger partial charge in [-0.2, -0.15) is 0 Å². The summed E-state index contributed by atoms with van der Waals surface area (Å²) in [5.41, 5.74) is 9.42. The van der Waals surface area contributed by atoms with Gasteiger partial charge in [0.15, 0.2) is 5.11 Å². The summed E-state index contributed by atoms with van der Waals surface area (Å²) < 4.78 is 0. The second-order valence-electron chi connectivity index (χ2n) is 2.48. The number of nitrogens with one attached hydrogen (secondary N) is 2. The first kappa shape index (κ1) is 11.6. The van der Waals surface area contributed by atoms with Crippen LogP contribution in [0, 0.1) is 5.92 Å². The number of amides is 1. The lowest BCUT2D eigenvalue weighted by Gasteiger charge is -2.10. The molecule has 0 saturated carbocycles. The van der Waals surface area contributed by atoms with Gasteiger partial charge >= 0.3 is 5.97 Å². The van der Waals surface area contributed by atoms with Gasteiger partial charge in [-0.1, -0.05) is 6.92 Å². The predicted octanol–water partition coefficient (Wildman–Crippen LogP) is -1.04. The van der Waals surface area contributed by atoms with E-state index in [0.29, 0.717) is 0 Å². The maximum absolute atomic E-state index is 11.0. The normalized spacial score (nSPS) is 11.5. The van der Waals surface area contributed by atoms with E-state index >= 15 is 0 Å². The van der Waals surface area contributed by atoms with Crippen LogP contribution in [0.2, 0.25) is 0 Å². The molecule has 0 rings (SSSR count). The number of hydrazine groups is 1. The van der Waals surface area contributed by atoms with Crippen molar-refractivity contribution in [1.29, 1.82) is 0 Å². The van der Waals surface area contributed by atoms with Crippen molar-refractivity contribution in [2.75, 3.05) is 0 Å². The van der Waals surface area contributed by atoms with E-state index in [4.69, 9.17) is 10.8 Å². The molecule has 0 spiro atoms. The van der Waals surface area contributed by atoms with Crippen LogP contribution in [0.4, 0.5) is 0 Å². The molecule has 0 heterocycles. The highest BCUT2D eigenvalue weighted by Crippen LogP contribution is 2.00. The number of carbonyl (C=O) groups excluding carboxylic acids is 1. The number of hydrogen-bond donors (Lipinski definition) is 4. The number of hydrogen-bond acceptors (Lipinski definition) is 3.